The van der Waals surface area contributed by atoms with Crippen molar-refractivity contribution in [3.8, 4) is 0 Å². The molecule has 0 spiro atoms. The van der Waals surface area contributed by atoms with Crippen molar-refractivity contribution in [2.45, 2.75) is 46.0 Å². The van der Waals surface area contributed by atoms with Crippen molar-refractivity contribution in [1.82, 2.24) is 0 Å². The van der Waals surface area contributed by atoms with Crippen LogP contribution in [-0.4, -0.2) is 18.5 Å². The molecule has 1 saturated heterocycles. The minimum absolute atomic E-state index is 0.310. The van der Waals surface area contributed by atoms with Crippen molar-refractivity contribution in [1.29, 1.82) is 0 Å². The zero-order valence-electron chi connectivity index (χ0n) is 7.89. The van der Waals surface area contributed by atoms with E-state index in [1.165, 1.54) is 0 Å². The molecule has 0 amide bonds. The normalized spacial score (nSPS) is 29.7. The van der Waals surface area contributed by atoms with E-state index in [1.54, 1.807) is 0 Å². The second-order valence-electron chi connectivity index (χ2n) is 4.08. The smallest absolute Gasteiger partial charge is 0.163 e. The molecule has 0 bridgehead atoms. The number of ether oxygens (including phenoxy) is 2. The Balaban J connectivity index is 2.31. The van der Waals surface area contributed by atoms with Crippen LogP contribution in [0.4, 0.5) is 0 Å². The molecular formula is C9H18O2. The van der Waals surface area contributed by atoms with E-state index >= 15 is 0 Å². The van der Waals surface area contributed by atoms with Crippen molar-refractivity contribution >= 4 is 0 Å². The predicted octanol–water partition coefficient (Wildman–Crippen LogP) is 2.18. The van der Waals surface area contributed by atoms with Crippen molar-refractivity contribution in [3.63, 3.8) is 0 Å². The van der Waals surface area contributed by atoms with Gasteiger partial charge in [-0.2, -0.15) is 0 Å². The molecule has 0 aromatic heterocycles. The zero-order chi connectivity index (χ0) is 8.48. The molecule has 0 aliphatic carbocycles. The predicted molar refractivity (Wildman–Crippen MR) is 44.4 cm³/mol. The molecule has 2 nitrogen and oxygen atoms in total. The fourth-order valence-corrected chi connectivity index (χ4v) is 1.40. The molecule has 0 N–H and O–H groups in total. The summed E-state index contributed by atoms with van der Waals surface area (Å²) in [5.74, 6) is 0.344. The van der Waals surface area contributed by atoms with E-state index < -0.39 is 0 Å². The topological polar surface area (TPSA) is 18.5 Å². The lowest BCUT2D eigenvalue weighted by atomic mass is 10.1. The summed E-state index contributed by atoms with van der Waals surface area (Å²) in [6.07, 6.45) is 1.41. The molecule has 1 rings (SSSR count). The van der Waals surface area contributed by atoms with E-state index in [1.807, 2.05) is 13.8 Å². The van der Waals surface area contributed by atoms with Gasteiger partial charge in [-0.05, 0) is 26.2 Å². The van der Waals surface area contributed by atoms with E-state index in [0.717, 1.165) is 13.0 Å². The van der Waals surface area contributed by atoms with Gasteiger partial charge in [-0.15, -0.1) is 0 Å². The standard InChI is InChI=1S/C9H18O2/c1-7(2)5-8-6-10-9(3,4)11-8/h7-8H,5-6H2,1-4H3/t8-/m0/s1. The van der Waals surface area contributed by atoms with Gasteiger partial charge in [0, 0.05) is 0 Å². The monoisotopic (exact) mass is 158 g/mol. The van der Waals surface area contributed by atoms with Crippen molar-refractivity contribution < 1.29 is 9.47 Å². The van der Waals surface area contributed by atoms with Crippen LogP contribution in [0, 0.1) is 5.92 Å². The van der Waals surface area contributed by atoms with E-state index in [2.05, 4.69) is 13.8 Å². The summed E-state index contributed by atoms with van der Waals surface area (Å²) in [5.41, 5.74) is 0. The maximum Gasteiger partial charge on any atom is 0.163 e. The molecule has 1 aliphatic rings. The lowest BCUT2D eigenvalue weighted by Crippen LogP contribution is -2.22. The first kappa shape index (κ1) is 9.01. The summed E-state index contributed by atoms with van der Waals surface area (Å²) < 4.78 is 11.1. The van der Waals surface area contributed by atoms with Crippen LogP contribution in [0.25, 0.3) is 0 Å². The Morgan fingerprint density at radius 3 is 2.45 bits per heavy atom. The van der Waals surface area contributed by atoms with Crippen molar-refractivity contribution in [3.05, 3.63) is 0 Å². The molecule has 1 atom stereocenters. The Morgan fingerprint density at radius 2 is 2.09 bits per heavy atom. The number of rotatable bonds is 2. The molecule has 0 unspecified atom stereocenters. The van der Waals surface area contributed by atoms with E-state index in [4.69, 9.17) is 9.47 Å². The molecule has 0 aromatic rings. The van der Waals surface area contributed by atoms with Gasteiger partial charge in [0.15, 0.2) is 5.79 Å². The van der Waals surface area contributed by atoms with Crippen LogP contribution < -0.4 is 0 Å². The Morgan fingerprint density at radius 1 is 1.45 bits per heavy atom. The van der Waals surface area contributed by atoms with Crippen LogP contribution in [0.15, 0.2) is 0 Å². The lowest BCUT2D eigenvalue weighted by Gasteiger charge is -2.17. The van der Waals surface area contributed by atoms with E-state index in [-0.39, 0.29) is 5.79 Å². The molecule has 66 valence electrons. The van der Waals surface area contributed by atoms with Gasteiger partial charge in [-0.1, -0.05) is 13.8 Å². The average molecular weight is 158 g/mol. The fraction of sp³-hybridized carbons (Fsp3) is 1.00. The Kier molecular flexibility index (Phi) is 2.55. The lowest BCUT2D eigenvalue weighted by molar-refractivity contribution is -0.139. The minimum Gasteiger partial charge on any atom is -0.348 e. The molecule has 11 heavy (non-hydrogen) atoms. The molecular weight excluding hydrogens is 140 g/mol. The molecule has 0 saturated carbocycles. The Hall–Kier alpha value is -0.0800. The third kappa shape index (κ3) is 2.80. The van der Waals surface area contributed by atoms with E-state index in [0.29, 0.717) is 12.0 Å². The number of hydrogen-bond acceptors (Lipinski definition) is 2. The van der Waals surface area contributed by atoms with Gasteiger partial charge in [0.05, 0.1) is 12.7 Å². The second kappa shape index (κ2) is 3.11. The van der Waals surface area contributed by atoms with Gasteiger partial charge in [-0.25, -0.2) is 0 Å². The fourth-order valence-electron chi connectivity index (χ4n) is 1.40. The molecule has 0 aromatic carbocycles. The molecule has 0 radical (unpaired) electrons. The first-order valence-corrected chi connectivity index (χ1v) is 4.31. The van der Waals surface area contributed by atoms with Crippen LogP contribution >= 0.6 is 0 Å². The van der Waals surface area contributed by atoms with E-state index in [9.17, 15) is 0 Å². The van der Waals surface area contributed by atoms with Gasteiger partial charge >= 0.3 is 0 Å². The van der Waals surface area contributed by atoms with Crippen LogP contribution in [0.5, 0.6) is 0 Å². The SMILES string of the molecule is CC(C)C[C@H]1COC(C)(C)O1. The molecule has 1 aliphatic heterocycles. The Bertz CT molecular complexity index is 130. The quantitative estimate of drug-likeness (QED) is 0.613. The molecule has 2 heteroatoms. The largest absolute Gasteiger partial charge is 0.348 e. The van der Waals surface area contributed by atoms with Crippen LogP contribution in [0.3, 0.4) is 0 Å². The van der Waals surface area contributed by atoms with Crippen LogP contribution in [-0.2, 0) is 9.47 Å². The number of hydrogen-bond donors (Lipinski definition) is 0. The van der Waals surface area contributed by atoms with Gasteiger partial charge < -0.3 is 9.47 Å². The van der Waals surface area contributed by atoms with Gasteiger partial charge in [0.2, 0.25) is 0 Å². The minimum atomic E-state index is -0.348. The third-order valence-electron chi connectivity index (χ3n) is 1.80. The molecule has 1 fully saturated rings. The highest BCUT2D eigenvalue weighted by Crippen LogP contribution is 2.25. The summed E-state index contributed by atoms with van der Waals surface area (Å²) in [6.45, 7) is 9.09. The second-order valence-corrected chi connectivity index (χ2v) is 4.08. The van der Waals surface area contributed by atoms with Gasteiger partial charge in [-0.3, -0.25) is 0 Å². The van der Waals surface area contributed by atoms with Crippen molar-refractivity contribution in [2.75, 3.05) is 6.61 Å². The zero-order valence-corrected chi connectivity index (χ0v) is 7.89. The third-order valence-corrected chi connectivity index (χ3v) is 1.80. The average Bonchev–Trinajstić information content (AvgIpc) is 2.08. The van der Waals surface area contributed by atoms with Gasteiger partial charge in [0.1, 0.15) is 0 Å². The van der Waals surface area contributed by atoms with Crippen LogP contribution in [0.2, 0.25) is 0 Å². The summed E-state index contributed by atoms with van der Waals surface area (Å²) in [6, 6.07) is 0. The van der Waals surface area contributed by atoms with Crippen LogP contribution in [0.1, 0.15) is 34.1 Å². The highest BCUT2D eigenvalue weighted by Gasteiger charge is 2.32. The maximum absolute atomic E-state index is 5.64. The van der Waals surface area contributed by atoms with Gasteiger partial charge in [0.25, 0.3) is 0 Å². The summed E-state index contributed by atoms with van der Waals surface area (Å²) >= 11 is 0. The maximum atomic E-state index is 5.64. The molecule has 1 heterocycles. The first-order chi connectivity index (χ1) is 4.99. The summed E-state index contributed by atoms with van der Waals surface area (Å²) in [7, 11) is 0. The summed E-state index contributed by atoms with van der Waals surface area (Å²) in [5, 5.41) is 0. The highest BCUT2D eigenvalue weighted by atomic mass is 16.7. The highest BCUT2D eigenvalue weighted by molar-refractivity contribution is 4.71. The summed E-state index contributed by atoms with van der Waals surface area (Å²) in [4.78, 5) is 0. The Labute approximate surface area is 68.9 Å². The van der Waals surface area contributed by atoms with Crippen molar-refractivity contribution in [2.24, 2.45) is 5.92 Å². The first-order valence-electron chi connectivity index (χ1n) is 4.31.